The van der Waals surface area contributed by atoms with E-state index in [-0.39, 0.29) is 18.1 Å². The molecule has 0 radical (unpaired) electrons. The van der Waals surface area contributed by atoms with Crippen molar-refractivity contribution in [2.75, 3.05) is 25.3 Å². The number of nitriles is 1. The van der Waals surface area contributed by atoms with Gasteiger partial charge in [0.15, 0.2) is 5.75 Å². The van der Waals surface area contributed by atoms with Crippen LogP contribution in [0.4, 0.5) is 0 Å². The zero-order valence-electron chi connectivity index (χ0n) is 19.8. The molecule has 1 aliphatic rings. The summed E-state index contributed by atoms with van der Waals surface area (Å²) in [7, 11) is -3.19. The number of nitrogens with one attached hydrogen (secondary N) is 1. The van der Waals surface area contributed by atoms with Crippen LogP contribution in [0.2, 0.25) is 5.02 Å². The van der Waals surface area contributed by atoms with E-state index in [1.165, 1.54) is 6.26 Å². The summed E-state index contributed by atoms with van der Waals surface area (Å²) in [6.07, 6.45) is 2.68. The second-order valence-corrected chi connectivity index (χ2v) is 12.3. The maximum Gasteiger partial charge on any atom is 0.208 e. The van der Waals surface area contributed by atoms with Gasteiger partial charge < -0.3 is 9.47 Å². The van der Waals surface area contributed by atoms with Gasteiger partial charge in [0.25, 0.3) is 0 Å². The quantitative estimate of drug-likeness (QED) is 0.428. The Morgan fingerprint density at radius 3 is 2.38 bits per heavy atom. The van der Waals surface area contributed by atoms with Crippen LogP contribution in [0.15, 0.2) is 36.4 Å². The van der Waals surface area contributed by atoms with E-state index in [1.54, 1.807) is 6.07 Å². The van der Waals surface area contributed by atoms with Crippen molar-refractivity contribution in [2.24, 2.45) is 5.41 Å². The average Bonchev–Trinajstić information content (AvgIpc) is 2.74. The molecule has 0 aromatic heterocycles. The van der Waals surface area contributed by atoms with E-state index in [1.807, 2.05) is 30.3 Å². The van der Waals surface area contributed by atoms with Crippen LogP contribution in [0.5, 0.6) is 11.5 Å². The maximum atomic E-state index is 11.4. The molecule has 2 aromatic rings. The summed E-state index contributed by atoms with van der Waals surface area (Å²) in [4.78, 5) is 0. The summed E-state index contributed by atoms with van der Waals surface area (Å²) in [6, 6.07) is 13.6. The Balaban J connectivity index is 1.68. The smallest absolute Gasteiger partial charge is 0.208 e. The largest absolute Gasteiger partial charge is 0.493 e. The number of nitrogens with zero attached hydrogens (tertiary/aromatic N) is 1. The molecule has 1 saturated carbocycles. The first kappa shape index (κ1) is 26.6. The highest BCUT2D eigenvalue weighted by molar-refractivity contribution is 7.88. The topological polar surface area (TPSA) is 88.4 Å². The number of sulfonamides is 1. The lowest BCUT2D eigenvalue weighted by molar-refractivity contribution is 0.0524. The molecule has 1 aliphatic carbocycles. The number of ether oxygens (including phenoxy) is 2. The van der Waals surface area contributed by atoms with Crippen LogP contribution in [0.25, 0.3) is 0 Å². The summed E-state index contributed by atoms with van der Waals surface area (Å²) in [5.74, 6) is 1.41. The number of hydrogen-bond donors (Lipinski definition) is 1. The van der Waals surface area contributed by atoms with Crippen LogP contribution >= 0.6 is 23.2 Å². The summed E-state index contributed by atoms with van der Waals surface area (Å²) in [5, 5.41) is 9.97. The average molecular weight is 525 g/mol. The molecule has 0 heterocycles. The second kappa shape index (κ2) is 10.3. The molecule has 0 amide bonds. The monoisotopic (exact) mass is 524 g/mol. The van der Waals surface area contributed by atoms with Gasteiger partial charge in [0.1, 0.15) is 18.4 Å². The van der Waals surface area contributed by atoms with Crippen LogP contribution in [0.3, 0.4) is 0 Å². The minimum absolute atomic E-state index is 0.0244. The van der Waals surface area contributed by atoms with Gasteiger partial charge in [-0.1, -0.05) is 44.5 Å². The standard InChI is InChI=1S/C25H30Cl2N2O4S/c1-24(2,19-11-17(15-28)23(22(27)12-19)32-10-9-26)18-5-7-21(8-6-18)33-16-25(3)13-20(14-25)29-34(4,30)31/h5-8,11-12,20,29H,9-10,13-14,16H2,1-4H3/t20-,25+. The van der Waals surface area contributed by atoms with Gasteiger partial charge in [-0.15, -0.1) is 11.6 Å². The van der Waals surface area contributed by atoms with E-state index < -0.39 is 15.4 Å². The van der Waals surface area contributed by atoms with Gasteiger partial charge in [-0.2, -0.15) is 5.26 Å². The van der Waals surface area contributed by atoms with Crippen molar-refractivity contribution in [3.63, 3.8) is 0 Å². The predicted octanol–water partition coefficient (Wildman–Crippen LogP) is 5.25. The summed E-state index contributed by atoms with van der Waals surface area (Å²) in [5.41, 5.74) is 1.84. The number of alkyl halides is 1. The van der Waals surface area contributed by atoms with E-state index in [0.29, 0.717) is 28.8 Å². The van der Waals surface area contributed by atoms with Crippen molar-refractivity contribution in [3.8, 4) is 17.6 Å². The molecule has 0 atom stereocenters. The third kappa shape index (κ3) is 6.37. The molecule has 1 N–H and O–H groups in total. The van der Waals surface area contributed by atoms with Gasteiger partial charge in [-0.25, -0.2) is 13.1 Å². The Kier molecular flexibility index (Phi) is 8.09. The van der Waals surface area contributed by atoms with Crippen molar-refractivity contribution >= 4 is 33.2 Å². The van der Waals surface area contributed by atoms with E-state index in [9.17, 15) is 13.7 Å². The third-order valence-electron chi connectivity index (χ3n) is 6.23. The summed E-state index contributed by atoms with van der Waals surface area (Å²) in [6.45, 7) is 7.03. The van der Waals surface area contributed by atoms with E-state index in [2.05, 4.69) is 31.6 Å². The van der Waals surface area contributed by atoms with Gasteiger partial charge in [0, 0.05) is 16.9 Å². The Morgan fingerprint density at radius 2 is 1.82 bits per heavy atom. The molecule has 6 nitrogen and oxygen atoms in total. The fourth-order valence-electron chi connectivity index (χ4n) is 4.35. The second-order valence-electron chi connectivity index (χ2n) is 9.73. The molecule has 0 aliphatic heterocycles. The third-order valence-corrected chi connectivity index (χ3v) is 7.43. The maximum absolute atomic E-state index is 11.4. The van der Waals surface area contributed by atoms with Gasteiger partial charge in [0.05, 0.1) is 29.3 Å². The fraction of sp³-hybridized carbons (Fsp3) is 0.480. The number of rotatable bonds is 10. The van der Waals surface area contributed by atoms with Crippen molar-refractivity contribution in [1.29, 1.82) is 5.26 Å². The Labute approximate surface area is 212 Å². The Bertz CT molecular complexity index is 1170. The van der Waals surface area contributed by atoms with Crippen LogP contribution in [-0.4, -0.2) is 39.8 Å². The lowest BCUT2D eigenvalue weighted by atomic mass is 9.68. The van der Waals surface area contributed by atoms with E-state index >= 15 is 0 Å². The highest BCUT2D eigenvalue weighted by Gasteiger charge is 2.42. The van der Waals surface area contributed by atoms with E-state index in [0.717, 1.165) is 29.7 Å². The normalized spacial score (nSPS) is 20.3. The lowest BCUT2D eigenvalue weighted by Gasteiger charge is -2.44. The van der Waals surface area contributed by atoms with Gasteiger partial charge in [0.2, 0.25) is 10.0 Å². The first-order valence-corrected chi connectivity index (χ1v) is 13.8. The lowest BCUT2D eigenvalue weighted by Crippen LogP contribution is -2.51. The molecule has 0 spiro atoms. The van der Waals surface area contributed by atoms with Crippen molar-refractivity contribution in [1.82, 2.24) is 4.72 Å². The molecule has 2 aromatic carbocycles. The molecule has 3 rings (SSSR count). The van der Waals surface area contributed by atoms with Crippen LogP contribution in [-0.2, 0) is 15.4 Å². The van der Waals surface area contributed by atoms with Crippen molar-refractivity contribution in [2.45, 2.75) is 45.1 Å². The minimum atomic E-state index is -3.19. The van der Waals surface area contributed by atoms with Crippen LogP contribution in [0, 0.1) is 16.7 Å². The van der Waals surface area contributed by atoms with Gasteiger partial charge in [-0.3, -0.25) is 0 Å². The minimum Gasteiger partial charge on any atom is -0.493 e. The molecular formula is C25H30Cl2N2O4S. The van der Waals surface area contributed by atoms with E-state index in [4.69, 9.17) is 32.7 Å². The van der Waals surface area contributed by atoms with Crippen LogP contribution in [0.1, 0.15) is 50.3 Å². The number of halogens is 2. The Hall–Kier alpha value is -1.98. The number of benzene rings is 2. The van der Waals surface area contributed by atoms with Gasteiger partial charge in [-0.05, 0) is 48.2 Å². The van der Waals surface area contributed by atoms with Gasteiger partial charge >= 0.3 is 0 Å². The highest BCUT2D eigenvalue weighted by atomic mass is 35.5. The first-order valence-electron chi connectivity index (χ1n) is 11.0. The highest BCUT2D eigenvalue weighted by Crippen LogP contribution is 2.42. The zero-order valence-corrected chi connectivity index (χ0v) is 22.1. The molecule has 34 heavy (non-hydrogen) atoms. The molecule has 184 valence electrons. The molecule has 0 unspecified atom stereocenters. The molecule has 0 saturated heterocycles. The summed E-state index contributed by atoms with van der Waals surface area (Å²) >= 11 is 12.1. The number of hydrogen-bond acceptors (Lipinski definition) is 5. The molecule has 1 fully saturated rings. The summed E-state index contributed by atoms with van der Waals surface area (Å²) < 4.78 is 37.0. The van der Waals surface area contributed by atoms with Crippen molar-refractivity contribution < 1.29 is 17.9 Å². The predicted molar refractivity (Wildman–Crippen MR) is 136 cm³/mol. The first-order chi connectivity index (χ1) is 15.9. The van der Waals surface area contributed by atoms with Crippen molar-refractivity contribution in [3.05, 3.63) is 58.1 Å². The molecular weight excluding hydrogens is 495 g/mol. The SMILES string of the molecule is CC(C)(c1ccc(OC[C@]2(C)C[C@H](NS(C)(=O)=O)C2)cc1)c1cc(Cl)c(OCCCl)c(C#N)c1. The molecule has 9 heteroatoms. The fourth-order valence-corrected chi connectivity index (χ4v) is 5.47. The Morgan fingerprint density at radius 1 is 1.18 bits per heavy atom. The molecule has 0 bridgehead atoms. The zero-order chi connectivity index (χ0) is 25.1. The van der Waals surface area contributed by atoms with Crippen LogP contribution < -0.4 is 14.2 Å².